The minimum Gasteiger partial charge on any atom is -0.382 e. The Morgan fingerprint density at radius 2 is 2.29 bits per heavy atom. The Kier molecular flexibility index (Phi) is 11.8. The van der Waals surface area contributed by atoms with Gasteiger partial charge >= 0.3 is 0 Å². The van der Waals surface area contributed by atoms with Crippen LogP contribution in [0.5, 0.6) is 0 Å². The molecule has 0 saturated carbocycles. The molecule has 1 aliphatic heterocycles. The van der Waals surface area contributed by atoms with Crippen molar-refractivity contribution in [1.82, 2.24) is 15.6 Å². The summed E-state index contributed by atoms with van der Waals surface area (Å²) in [6, 6.07) is 3.97. The molecular formula is C19H33IN6O2. The van der Waals surface area contributed by atoms with Gasteiger partial charge in [0.05, 0.1) is 5.92 Å². The number of ether oxygens (including phenoxy) is 1. The molecule has 1 amide bonds. The highest BCUT2D eigenvalue weighted by atomic mass is 127. The van der Waals surface area contributed by atoms with Gasteiger partial charge in [-0.2, -0.15) is 0 Å². The number of carbonyl (C=O) groups excluding carboxylic acids is 1. The number of nitrogens with zero attached hydrogens (tertiary/aromatic N) is 3. The van der Waals surface area contributed by atoms with E-state index in [9.17, 15) is 4.79 Å². The molecule has 1 aromatic heterocycles. The fourth-order valence-electron chi connectivity index (χ4n) is 3.18. The van der Waals surface area contributed by atoms with Crippen molar-refractivity contribution in [2.75, 3.05) is 44.8 Å². The number of hydrogen-bond acceptors (Lipinski definition) is 5. The van der Waals surface area contributed by atoms with Crippen LogP contribution in [0.3, 0.4) is 0 Å². The van der Waals surface area contributed by atoms with Gasteiger partial charge in [-0.15, -0.1) is 24.0 Å². The third-order valence-electron chi connectivity index (χ3n) is 4.62. The number of halogens is 1. The molecule has 1 saturated heterocycles. The van der Waals surface area contributed by atoms with E-state index in [0.29, 0.717) is 13.1 Å². The summed E-state index contributed by atoms with van der Waals surface area (Å²) in [6.07, 6.45) is 4.51. The van der Waals surface area contributed by atoms with Crippen molar-refractivity contribution >= 4 is 41.7 Å². The molecule has 1 aliphatic rings. The molecule has 158 valence electrons. The third kappa shape index (κ3) is 7.78. The summed E-state index contributed by atoms with van der Waals surface area (Å²) < 4.78 is 5.34. The average molecular weight is 504 g/mol. The molecule has 1 atom stereocenters. The van der Waals surface area contributed by atoms with Gasteiger partial charge < -0.3 is 26.0 Å². The Hall–Kier alpha value is -1.62. The predicted octanol–water partition coefficient (Wildman–Crippen LogP) is 1.49. The van der Waals surface area contributed by atoms with Crippen LogP contribution in [-0.4, -0.2) is 56.7 Å². The summed E-state index contributed by atoms with van der Waals surface area (Å²) in [5, 5.41) is 6.61. The lowest BCUT2D eigenvalue weighted by atomic mass is 9.97. The van der Waals surface area contributed by atoms with Gasteiger partial charge in [-0.3, -0.25) is 9.79 Å². The first kappa shape index (κ1) is 24.4. The van der Waals surface area contributed by atoms with Crippen LogP contribution < -0.4 is 21.3 Å². The second-order valence-corrected chi connectivity index (χ2v) is 6.58. The minimum atomic E-state index is -0.230. The van der Waals surface area contributed by atoms with Gasteiger partial charge in [-0.05, 0) is 32.3 Å². The van der Waals surface area contributed by atoms with Crippen molar-refractivity contribution < 1.29 is 9.53 Å². The predicted molar refractivity (Wildman–Crippen MR) is 123 cm³/mol. The summed E-state index contributed by atoms with van der Waals surface area (Å²) in [4.78, 5) is 22.5. The lowest BCUT2D eigenvalue weighted by Gasteiger charge is -2.33. The van der Waals surface area contributed by atoms with Crippen molar-refractivity contribution in [3.63, 3.8) is 0 Å². The fourth-order valence-corrected chi connectivity index (χ4v) is 3.18. The zero-order valence-electron chi connectivity index (χ0n) is 16.8. The Labute approximate surface area is 184 Å². The number of guanidine groups is 1. The molecule has 28 heavy (non-hydrogen) atoms. The van der Waals surface area contributed by atoms with Crippen molar-refractivity contribution in [3.8, 4) is 0 Å². The van der Waals surface area contributed by atoms with Gasteiger partial charge in [-0.1, -0.05) is 6.07 Å². The first-order valence-electron chi connectivity index (χ1n) is 9.66. The zero-order valence-corrected chi connectivity index (χ0v) is 19.1. The normalized spacial score (nSPS) is 17.0. The van der Waals surface area contributed by atoms with Crippen LogP contribution in [0.25, 0.3) is 0 Å². The Balaban J connectivity index is 0.00000392. The van der Waals surface area contributed by atoms with Gasteiger partial charge in [0.15, 0.2) is 5.96 Å². The monoisotopic (exact) mass is 504 g/mol. The van der Waals surface area contributed by atoms with E-state index in [2.05, 4.69) is 25.5 Å². The van der Waals surface area contributed by atoms with Gasteiger partial charge in [0.2, 0.25) is 5.91 Å². The molecule has 0 radical (unpaired) electrons. The molecule has 2 heterocycles. The number of hydrogen-bond donors (Lipinski definition) is 3. The highest BCUT2D eigenvalue weighted by Crippen LogP contribution is 2.24. The van der Waals surface area contributed by atoms with E-state index in [4.69, 9.17) is 10.5 Å². The van der Waals surface area contributed by atoms with Crippen molar-refractivity contribution in [2.45, 2.75) is 32.7 Å². The van der Waals surface area contributed by atoms with E-state index in [1.807, 2.05) is 19.1 Å². The maximum Gasteiger partial charge on any atom is 0.222 e. The summed E-state index contributed by atoms with van der Waals surface area (Å²) in [5.41, 5.74) is 6.58. The van der Waals surface area contributed by atoms with Crippen LogP contribution in [0, 0.1) is 5.92 Å². The fraction of sp³-hybridized carbons (Fsp3) is 0.632. The minimum absolute atomic E-state index is 0. The Morgan fingerprint density at radius 3 is 3.00 bits per heavy atom. The number of primary amides is 1. The first-order chi connectivity index (χ1) is 13.2. The van der Waals surface area contributed by atoms with Crippen LogP contribution in [0.2, 0.25) is 0 Å². The average Bonchev–Trinajstić information content (AvgIpc) is 2.70. The van der Waals surface area contributed by atoms with Gasteiger partial charge in [0, 0.05) is 58.2 Å². The third-order valence-corrected chi connectivity index (χ3v) is 4.62. The number of nitrogens with one attached hydrogen (secondary N) is 2. The number of carbonyl (C=O) groups is 1. The van der Waals surface area contributed by atoms with Gasteiger partial charge in [0.1, 0.15) is 5.82 Å². The largest absolute Gasteiger partial charge is 0.382 e. The van der Waals surface area contributed by atoms with Crippen LogP contribution in [-0.2, 0) is 16.1 Å². The molecule has 1 unspecified atom stereocenters. The number of aromatic nitrogens is 1. The standard InChI is InChI=1S/C19H32N6O2.HI/c1-3-27-12-6-10-23-19(21-2)24-13-15-7-4-9-22-18(15)25-11-5-8-16(14-25)17(20)26;/h4,7,9,16H,3,5-6,8,10-14H2,1-2H3,(H2,20,26)(H2,21,23,24);1H. The van der Waals surface area contributed by atoms with E-state index < -0.39 is 0 Å². The number of aliphatic imine (C=N–C) groups is 1. The molecule has 2 rings (SSSR count). The van der Waals surface area contributed by atoms with E-state index in [0.717, 1.165) is 62.9 Å². The van der Waals surface area contributed by atoms with Crippen molar-refractivity contribution in [3.05, 3.63) is 23.9 Å². The van der Waals surface area contributed by atoms with Crippen LogP contribution in [0.15, 0.2) is 23.3 Å². The van der Waals surface area contributed by atoms with Crippen LogP contribution in [0.1, 0.15) is 31.7 Å². The van der Waals surface area contributed by atoms with Crippen LogP contribution in [0.4, 0.5) is 5.82 Å². The number of rotatable bonds is 9. The van der Waals surface area contributed by atoms with Gasteiger partial charge in [-0.25, -0.2) is 4.98 Å². The molecule has 1 aromatic rings. The first-order valence-corrected chi connectivity index (χ1v) is 9.66. The molecule has 1 fully saturated rings. The number of amides is 1. The molecule has 0 aromatic carbocycles. The quantitative estimate of drug-likeness (QED) is 0.204. The topological polar surface area (TPSA) is 105 Å². The second-order valence-electron chi connectivity index (χ2n) is 6.58. The zero-order chi connectivity index (χ0) is 19.5. The van der Waals surface area contributed by atoms with E-state index >= 15 is 0 Å². The number of anilines is 1. The lowest BCUT2D eigenvalue weighted by molar-refractivity contribution is -0.122. The SMILES string of the molecule is CCOCCCNC(=NC)NCc1cccnc1N1CCCC(C(N)=O)C1.I. The maximum absolute atomic E-state index is 11.6. The second kappa shape index (κ2) is 13.5. The van der Waals surface area contributed by atoms with E-state index in [1.54, 1.807) is 13.2 Å². The van der Waals surface area contributed by atoms with Gasteiger partial charge in [0.25, 0.3) is 0 Å². The van der Waals surface area contributed by atoms with Crippen LogP contribution >= 0.6 is 24.0 Å². The number of pyridine rings is 1. The Bertz CT molecular complexity index is 628. The summed E-state index contributed by atoms with van der Waals surface area (Å²) in [7, 11) is 1.75. The highest BCUT2D eigenvalue weighted by molar-refractivity contribution is 14.0. The lowest BCUT2D eigenvalue weighted by Crippen LogP contribution is -2.42. The van der Waals surface area contributed by atoms with E-state index in [1.165, 1.54) is 0 Å². The van der Waals surface area contributed by atoms with Crippen molar-refractivity contribution in [1.29, 1.82) is 0 Å². The molecule has 0 spiro atoms. The smallest absolute Gasteiger partial charge is 0.222 e. The number of nitrogens with two attached hydrogens (primary N) is 1. The molecule has 4 N–H and O–H groups in total. The van der Waals surface area contributed by atoms with Crippen molar-refractivity contribution in [2.24, 2.45) is 16.6 Å². The molecule has 8 nitrogen and oxygen atoms in total. The molecule has 0 aliphatic carbocycles. The summed E-state index contributed by atoms with van der Waals surface area (Å²) in [6.45, 7) is 6.39. The molecular weight excluding hydrogens is 471 g/mol. The number of piperidine rings is 1. The maximum atomic E-state index is 11.6. The highest BCUT2D eigenvalue weighted by Gasteiger charge is 2.25. The van der Waals surface area contributed by atoms with E-state index in [-0.39, 0.29) is 35.8 Å². The Morgan fingerprint density at radius 1 is 1.46 bits per heavy atom. The molecule has 0 bridgehead atoms. The summed E-state index contributed by atoms with van der Waals surface area (Å²) >= 11 is 0. The molecule has 9 heteroatoms. The summed E-state index contributed by atoms with van der Waals surface area (Å²) in [5.74, 6) is 1.31.